The molecule has 0 aliphatic carbocycles. The summed E-state index contributed by atoms with van der Waals surface area (Å²) in [5, 5.41) is 7.07. The maximum absolute atomic E-state index is 11.8. The molecule has 0 aromatic carbocycles. The Labute approximate surface area is 114 Å². The third-order valence-electron chi connectivity index (χ3n) is 2.59. The number of thiophene rings is 1. The highest BCUT2D eigenvalue weighted by Gasteiger charge is 2.14. The minimum absolute atomic E-state index is 0.0473. The van der Waals surface area contributed by atoms with Crippen molar-refractivity contribution in [2.45, 2.75) is 32.2 Å². The molecule has 1 aromatic rings. The Kier molecular flexibility index (Phi) is 6.85. The summed E-state index contributed by atoms with van der Waals surface area (Å²) in [6, 6.07) is 1.98. The van der Waals surface area contributed by atoms with Gasteiger partial charge >= 0.3 is 0 Å². The monoisotopic (exact) mass is 290 g/mol. The van der Waals surface area contributed by atoms with Crippen LogP contribution in [0, 0.1) is 0 Å². The Hall–Kier alpha value is -0.430. The normalized spacial score (nSPS) is 13.7. The molecule has 0 aliphatic rings. The summed E-state index contributed by atoms with van der Waals surface area (Å²) in [5.41, 5.74) is 1.19. The van der Waals surface area contributed by atoms with Crippen LogP contribution in [0.5, 0.6) is 0 Å². The van der Waals surface area contributed by atoms with E-state index in [4.69, 9.17) is 0 Å². The molecular weight excluding hydrogens is 268 g/mol. The van der Waals surface area contributed by atoms with E-state index in [0.717, 1.165) is 19.4 Å². The van der Waals surface area contributed by atoms with Crippen LogP contribution in [0.25, 0.3) is 0 Å². The predicted molar refractivity (Wildman–Crippen MR) is 77.6 cm³/mol. The molecule has 1 rings (SSSR count). The third-order valence-corrected chi connectivity index (χ3v) is 4.91. The predicted octanol–water partition coefficient (Wildman–Crippen LogP) is 1.60. The van der Waals surface area contributed by atoms with Crippen LogP contribution in [0.1, 0.15) is 25.3 Å². The molecule has 0 spiro atoms. The lowest BCUT2D eigenvalue weighted by Gasteiger charge is -2.13. The van der Waals surface area contributed by atoms with E-state index in [1.165, 1.54) is 5.56 Å². The molecule has 2 N–H and O–H groups in total. The number of hydrogen-bond donors (Lipinski definition) is 2. The zero-order chi connectivity index (χ0) is 13.4. The lowest BCUT2D eigenvalue weighted by molar-refractivity contribution is 0.555. The van der Waals surface area contributed by atoms with Crippen molar-refractivity contribution in [3.8, 4) is 0 Å². The molecule has 0 saturated heterocycles. The van der Waals surface area contributed by atoms with E-state index in [1.807, 2.05) is 25.4 Å². The van der Waals surface area contributed by atoms with Gasteiger partial charge in [0.05, 0.1) is 5.75 Å². The van der Waals surface area contributed by atoms with Gasteiger partial charge in [-0.3, -0.25) is 0 Å². The average Bonchev–Trinajstić information content (AvgIpc) is 2.76. The molecule has 4 nitrogen and oxygen atoms in total. The van der Waals surface area contributed by atoms with Crippen molar-refractivity contribution in [3.63, 3.8) is 0 Å². The molecule has 104 valence electrons. The summed E-state index contributed by atoms with van der Waals surface area (Å²) in [7, 11) is -1.27. The Morgan fingerprint density at radius 3 is 2.78 bits per heavy atom. The molecule has 18 heavy (non-hydrogen) atoms. The van der Waals surface area contributed by atoms with E-state index >= 15 is 0 Å². The molecule has 0 bridgehead atoms. The minimum atomic E-state index is -3.14. The molecule has 1 aromatic heterocycles. The highest BCUT2D eigenvalue weighted by atomic mass is 32.2. The first-order chi connectivity index (χ1) is 8.53. The molecule has 1 atom stereocenters. The van der Waals surface area contributed by atoms with Crippen LogP contribution in [-0.4, -0.2) is 33.8 Å². The first kappa shape index (κ1) is 15.6. The van der Waals surface area contributed by atoms with Crippen LogP contribution >= 0.6 is 11.3 Å². The summed E-state index contributed by atoms with van der Waals surface area (Å²) >= 11 is 1.63. The molecule has 0 fully saturated rings. The second kappa shape index (κ2) is 7.89. The van der Waals surface area contributed by atoms with Gasteiger partial charge in [-0.2, -0.15) is 11.3 Å². The van der Waals surface area contributed by atoms with Gasteiger partial charge in [-0.05, 0) is 62.2 Å². The molecule has 1 unspecified atom stereocenters. The smallest absolute Gasteiger partial charge is 0.211 e. The maximum atomic E-state index is 11.8. The molecule has 6 heteroatoms. The van der Waals surface area contributed by atoms with Crippen molar-refractivity contribution in [2.24, 2.45) is 0 Å². The van der Waals surface area contributed by atoms with Crippen molar-refractivity contribution < 1.29 is 8.42 Å². The second-order valence-electron chi connectivity index (χ2n) is 4.48. The number of hydrogen-bond acceptors (Lipinski definition) is 4. The first-order valence-electron chi connectivity index (χ1n) is 6.19. The van der Waals surface area contributed by atoms with Gasteiger partial charge in [0.1, 0.15) is 0 Å². The van der Waals surface area contributed by atoms with Gasteiger partial charge < -0.3 is 5.32 Å². The van der Waals surface area contributed by atoms with Crippen molar-refractivity contribution >= 4 is 21.4 Å². The Morgan fingerprint density at radius 1 is 1.39 bits per heavy atom. The topological polar surface area (TPSA) is 58.2 Å². The van der Waals surface area contributed by atoms with E-state index in [-0.39, 0.29) is 11.8 Å². The van der Waals surface area contributed by atoms with Gasteiger partial charge in [-0.25, -0.2) is 13.1 Å². The van der Waals surface area contributed by atoms with Crippen LogP contribution in [0.4, 0.5) is 0 Å². The zero-order valence-corrected chi connectivity index (χ0v) is 12.6. The van der Waals surface area contributed by atoms with Gasteiger partial charge in [-0.1, -0.05) is 0 Å². The maximum Gasteiger partial charge on any atom is 0.211 e. The van der Waals surface area contributed by atoms with Gasteiger partial charge in [0.25, 0.3) is 0 Å². The van der Waals surface area contributed by atoms with Gasteiger partial charge in [0.2, 0.25) is 10.0 Å². The van der Waals surface area contributed by atoms with Crippen LogP contribution < -0.4 is 10.0 Å². The first-order valence-corrected chi connectivity index (χ1v) is 8.78. The van der Waals surface area contributed by atoms with E-state index in [9.17, 15) is 8.42 Å². The van der Waals surface area contributed by atoms with Crippen molar-refractivity contribution in [1.29, 1.82) is 0 Å². The van der Waals surface area contributed by atoms with Crippen molar-refractivity contribution in [2.75, 3.05) is 19.3 Å². The molecule has 0 radical (unpaired) electrons. The number of sulfonamides is 1. The van der Waals surface area contributed by atoms with Crippen LogP contribution in [0.3, 0.4) is 0 Å². The Balaban J connectivity index is 2.30. The van der Waals surface area contributed by atoms with Crippen LogP contribution in [-0.2, 0) is 16.4 Å². The highest BCUT2D eigenvalue weighted by Crippen LogP contribution is 2.09. The van der Waals surface area contributed by atoms with Crippen molar-refractivity contribution in [1.82, 2.24) is 10.0 Å². The third kappa shape index (κ3) is 6.49. The Morgan fingerprint density at radius 2 is 2.17 bits per heavy atom. The standard InChI is InChI=1S/C12H22N2O2S2/c1-11(9-12-5-7-17-10-12)14-18(15,16)8-4-3-6-13-2/h5,7,10-11,13-14H,3-4,6,8-9H2,1-2H3. The van der Waals surface area contributed by atoms with Crippen molar-refractivity contribution in [3.05, 3.63) is 22.4 Å². The summed E-state index contributed by atoms with van der Waals surface area (Å²) in [5.74, 6) is 0.211. The number of unbranched alkanes of at least 4 members (excludes halogenated alkanes) is 1. The minimum Gasteiger partial charge on any atom is -0.320 e. The zero-order valence-electron chi connectivity index (χ0n) is 11.0. The molecular formula is C12H22N2O2S2. The van der Waals surface area contributed by atoms with Gasteiger partial charge in [0, 0.05) is 6.04 Å². The van der Waals surface area contributed by atoms with E-state index in [1.54, 1.807) is 11.3 Å². The van der Waals surface area contributed by atoms with Crippen LogP contribution in [0.2, 0.25) is 0 Å². The molecule has 1 heterocycles. The highest BCUT2D eigenvalue weighted by molar-refractivity contribution is 7.89. The van der Waals surface area contributed by atoms with E-state index in [2.05, 4.69) is 15.4 Å². The largest absolute Gasteiger partial charge is 0.320 e. The lowest BCUT2D eigenvalue weighted by Crippen LogP contribution is -2.35. The fourth-order valence-corrected chi connectivity index (χ4v) is 3.84. The summed E-state index contributed by atoms with van der Waals surface area (Å²) in [6.07, 6.45) is 2.33. The number of nitrogens with one attached hydrogen (secondary N) is 2. The lowest BCUT2D eigenvalue weighted by atomic mass is 10.1. The summed E-state index contributed by atoms with van der Waals surface area (Å²) < 4.78 is 26.3. The van der Waals surface area contributed by atoms with Crippen LogP contribution in [0.15, 0.2) is 16.8 Å². The fraction of sp³-hybridized carbons (Fsp3) is 0.667. The molecule has 0 amide bonds. The quantitative estimate of drug-likeness (QED) is 0.679. The average molecular weight is 290 g/mol. The second-order valence-corrected chi connectivity index (χ2v) is 7.14. The summed E-state index contributed by atoms with van der Waals surface area (Å²) in [6.45, 7) is 2.77. The molecule has 0 aliphatic heterocycles. The Bertz CT molecular complexity index is 415. The fourth-order valence-electron chi connectivity index (χ4n) is 1.76. The van der Waals surface area contributed by atoms with Gasteiger partial charge in [0.15, 0.2) is 0 Å². The van der Waals surface area contributed by atoms with Gasteiger partial charge in [-0.15, -0.1) is 0 Å². The van der Waals surface area contributed by atoms with E-state index < -0.39 is 10.0 Å². The number of rotatable bonds is 9. The summed E-state index contributed by atoms with van der Waals surface area (Å²) in [4.78, 5) is 0. The van der Waals surface area contributed by atoms with E-state index in [0.29, 0.717) is 6.42 Å². The molecule has 0 saturated carbocycles. The SMILES string of the molecule is CNCCCCS(=O)(=O)NC(C)Cc1ccsc1.